The molecule has 106 valence electrons. The van der Waals surface area contributed by atoms with Crippen molar-refractivity contribution in [3.8, 4) is 5.75 Å². The molecule has 0 saturated carbocycles. The van der Waals surface area contributed by atoms with E-state index in [0.29, 0.717) is 13.0 Å². The lowest BCUT2D eigenvalue weighted by Crippen LogP contribution is -2.29. The lowest BCUT2D eigenvalue weighted by Gasteiger charge is -2.23. The van der Waals surface area contributed by atoms with Crippen LogP contribution in [0.5, 0.6) is 5.75 Å². The van der Waals surface area contributed by atoms with E-state index in [1.165, 1.54) is 7.11 Å². The van der Waals surface area contributed by atoms with E-state index in [1.807, 2.05) is 36.2 Å². The molecule has 0 aliphatic rings. The van der Waals surface area contributed by atoms with Crippen molar-refractivity contribution in [3.05, 3.63) is 24.3 Å². The molecule has 0 amide bonds. The molecule has 0 spiro atoms. The van der Waals surface area contributed by atoms with Gasteiger partial charge in [0.2, 0.25) is 0 Å². The Hall–Kier alpha value is -1.75. The molecule has 0 fully saturated rings. The van der Waals surface area contributed by atoms with Crippen molar-refractivity contribution >= 4 is 11.7 Å². The van der Waals surface area contributed by atoms with Crippen LogP contribution in [0, 0.1) is 0 Å². The van der Waals surface area contributed by atoms with E-state index in [4.69, 9.17) is 4.74 Å². The zero-order valence-electron chi connectivity index (χ0n) is 11.6. The fourth-order valence-corrected chi connectivity index (χ4v) is 1.75. The number of hydrogen-bond acceptors (Lipinski definition) is 5. The second-order valence-corrected chi connectivity index (χ2v) is 4.35. The third kappa shape index (κ3) is 5.18. The van der Waals surface area contributed by atoms with Crippen LogP contribution >= 0.6 is 0 Å². The third-order valence-electron chi connectivity index (χ3n) is 2.89. The van der Waals surface area contributed by atoms with Crippen LogP contribution in [0.25, 0.3) is 0 Å². The van der Waals surface area contributed by atoms with Crippen LogP contribution in [0.15, 0.2) is 24.3 Å². The van der Waals surface area contributed by atoms with E-state index < -0.39 is 6.10 Å². The molecule has 0 aromatic heterocycles. The van der Waals surface area contributed by atoms with Gasteiger partial charge in [-0.15, -0.1) is 0 Å². The number of esters is 1. The lowest BCUT2D eigenvalue weighted by molar-refractivity contribution is -0.141. The van der Waals surface area contributed by atoms with Gasteiger partial charge in [0.15, 0.2) is 0 Å². The monoisotopic (exact) mass is 267 g/mol. The highest BCUT2D eigenvalue weighted by atomic mass is 16.5. The molecule has 0 radical (unpaired) electrons. The predicted octanol–water partition coefficient (Wildman–Crippen LogP) is 1.45. The van der Waals surface area contributed by atoms with Crippen LogP contribution in [0.1, 0.15) is 12.8 Å². The Balaban J connectivity index is 2.48. The largest absolute Gasteiger partial charge is 0.497 e. The summed E-state index contributed by atoms with van der Waals surface area (Å²) in [6.07, 6.45) is 0.0419. The number of aliphatic hydroxyl groups excluding tert-OH is 1. The maximum absolute atomic E-state index is 11.0. The Morgan fingerprint density at radius 2 is 2.16 bits per heavy atom. The van der Waals surface area contributed by atoms with E-state index in [1.54, 1.807) is 7.11 Å². The molecule has 1 rings (SSSR count). The Bertz CT molecular complexity index is 408. The maximum Gasteiger partial charge on any atom is 0.305 e. The zero-order chi connectivity index (χ0) is 14.3. The predicted molar refractivity (Wildman–Crippen MR) is 73.5 cm³/mol. The fraction of sp³-hybridized carbons (Fsp3) is 0.500. The number of methoxy groups -OCH3 is 2. The number of aliphatic hydroxyl groups is 1. The van der Waals surface area contributed by atoms with Crippen molar-refractivity contribution in [1.82, 2.24) is 0 Å². The molecule has 5 nitrogen and oxygen atoms in total. The minimum atomic E-state index is -0.574. The topological polar surface area (TPSA) is 59.0 Å². The van der Waals surface area contributed by atoms with E-state index in [-0.39, 0.29) is 12.4 Å². The highest BCUT2D eigenvalue weighted by Gasteiger charge is 2.11. The summed E-state index contributed by atoms with van der Waals surface area (Å²) in [5.41, 5.74) is 0.955. The van der Waals surface area contributed by atoms with Crippen molar-refractivity contribution in [3.63, 3.8) is 0 Å². The number of likely N-dealkylation sites (N-methyl/N-ethyl adjacent to an activating group) is 1. The second-order valence-electron chi connectivity index (χ2n) is 4.35. The summed E-state index contributed by atoms with van der Waals surface area (Å²) in [5, 5.41) is 9.87. The minimum absolute atomic E-state index is 0.226. The summed E-state index contributed by atoms with van der Waals surface area (Å²) in [6.45, 7) is 0.449. The van der Waals surface area contributed by atoms with Gasteiger partial charge in [-0.1, -0.05) is 6.07 Å². The summed E-state index contributed by atoms with van der Waals surface area (Å²) in [4.78, 5) is 12.9. The Labute approximate surface area is 113 Å². The van der Waals surface area contributed by atoms with Crippen molar-refractivity contribution in [1.29, 1.82) is 0 Å². The average Bonchev–Trinajstić information content (AvgIpc) is 2.44. The normalized spacial score (nSPS) is 11.8. The van der Waals surface area contributed by atoms with Crippen LogP contribution in [0.2, 0.25) is 0 Å². The van der Waals surface area contributed by atoms with Crippen molar-refractivity contribution < 1.29 is 19.4 Å². The number of rotatable bonds is 7. The molecule has 1 N–H and O–H groups in total. The number of carbonyl (C=O) groups is 1. The zero-order valence-corrected chi connectivity index (χ0v) is 11.6. The van der Waals surface area contributed by atoms with Gasteiger partial charge in [0.25, 0.3) is 0 Å². The van der Waals surface area contributed by atoms with Crippen molar-refractivity contribution in [2.75, 3.05) is 32.7 Å². The number of benzene rings is 1. The van der Waals surface area contributed by atoms with Crippen LogP contribution in [-0.2, 0) is 9.53 Å². The first-order valence-corrected chi connectivity index (χ1v) is 6.17. The van der Waals surface area contributed by atoms with Crippen LogP contribution in [0.3, 0.4) is 0 Å². The first-order valence-electron chi connectivity index (χ1n) is 6.17. The van der Waals surface area contributed by atoms with Gasteiger partial charge in [0.05, 0.1) is 20.3 Å². The summed E-state index contributed by atoms with van der Waals surface area (Å²) < 4.78 is 9.69. The minimum Gasteiger partial charge on any atom is -0.497 e. The highest BCUT2D eigenvalue weighted by molar-refractivity contribution is 5.69. The molecule has 19 heavy (non-hydrogen) atoms. The number of ether oxygens (including phenoxy) is 2. The van der Waals surface area contributed by atoms with Crippen LogP contribution in [0.4, 0.5) is 5.69 Å². The number of anilines is 1. The van der Waals surface area contributed by atoms with Gasteiger partial charge >= 0.3 is 5.97 Å². The SMILES string of the molecule is COC(=O)CCC(O)CN(C)c1cccc(OC)c1. The van der Waals surface area contributed by atoms with Gasteiger partial charge in [-0.2, -0.15) is 0 Å². The molecule has 1 atom stereocenters. The Morgan fingerprint density at radius 3 is 2.79 bits per heavy atom. The van der Waals surface area contributed by atoms with Gasteiger partial charge in [0.1, 0.15) is 5.75 Å². The van der Waals surface area contributed by atoms with Crippen LogP contribution in [-0.4, -0.2) is 45.0 Å². The van der Waals surface area contributed by atoms with Gasteiger partial charge < -0.3 is 19.5 Å². The molecule has 1 aromatic carbocycles. The smallest absolute Gasteiger partial charge is 0.305 e. The standard InChI is InChI=1S/C14H21NO4/c1-15(10-12(16)7-8-14(17)19-3)11-5-4-6-13(9-11)18-2/h4-6,9,12,16H,7-8,10H2,1-3H3. The third-order valence-corrected chi connectivity index (χ3v) is 2.89. The first-order chi connectivity index (χ1) is 9.06. The molecule has 0 aliphatic heterocycles. The van der Waals surface area contributed by atoms with E-state index in [2.05, 4.69) is 4.74 Å². The molecular formula is C14H21NO4. The van der Waals surface area contributed by atoms with E-state index >= 15 is 0 Å². The molecule has 5 heteroatoms. The number of hydrogen-bond donors (Lipinski definition) is 1. The maximum atomic E-state index is 11.0. The summed E-state index contributed by atoms with van der Waals surface area (Å²) in [6, 6.07) is 7.60. The van der Waals surface area contributed by atoms with Crippen molar-refractivity contribution in [2.24, 2.45) is 0 Å². The van der Waals surface area contributed by atoms with Gasteiger partial charge in [-0.3, -0.25) is 4.79 Å². The lowest BCUT2D eigenvalue weighted by atomic mass is 10.2. The van der Waals surface area contributed by atoms with Gasteiger partial charge in [0, 0.05) is 31.8 Å². The molecule has 1 unspecified atom stereocenters. The highest BCUT2D eigenvalue weighted by Crippen LogP contribution is 2.20. The van der Waals surface area contributed by atoms with Crippen molar-refractivity contribution in [2.45, 2.75) is 18.9 Å². The molecule has 0 aliphatic carbocycles. The van der Waals surface area contributed by atoms with E-state index in [0.717, 1.165) is 11.4 Å². The van der Waals surface area contributed by atoms with Crippen LogP contribution < -0.4 is 9.64 Å². The second kappa shape index (κ2) is 7.63. The molecule has 1 aromatic rings. The molecule has 0 heterocycles. The summed E-state index contributed by atoms with van der Waals surface area (Å²) in [5.74, 6) is 0.469. The van der Waals surface area contributed by atoms with Gasteiger partial charge in [-0.25, -0.2) is 0 Å². The number of carbonyl (C=O) groups excluding carboxylic acids is 1. The summed E-state index contributed by atoms with van der Waals surface area (Å²) in [7, 11) is 4.84. The Morgan fingerprint density at radius 1 is 1.42 bits per heavy atom. The Kier molecular flexibility index (Phi) is 6.15. The number of nitrogens with zero attached hydrogens (tertiary/aromatic N) is 1. The quantitative estimate of drug-likeness (QED) is 0.758. The van der Waals surface area contributed by atoms with Gasteiger partial charge in [-0.05, 0) is 18.6 Å². The first kappa shape index (κ1) is 15.3. The fourth-order valence-electron chi connectivity index (χ4n) is 1.75. The van der Waals surface area contributed by atoms with E-state index in [9.17, 15) is 9.90 Å². The molecule has 0 saturated heterocycles. The molecule has 0 bridgehead atoms. The summed E-state index contributed by atoms with van der Waals surface area (Å²) >= 11 is 0. The molecular weight excluding hydrogens is 246 g/mol. The average molecular weight is 267 g/mol.